The molecule has 0 unspecified atom stereocenters. The van der Waals surface area contributed by atoms with Gasteiger partial charge in [0.2, 0.25) is 40.1 Å². The first-order chi connectivity index (χ1) is 49.3. The van der Waals surface area contributed by atoms with E-state index in [2.05, 4.69) is 30.1 Å². The van der Waals surface area contributed by atoms with Crippen LogP contribution in [0.1, 0.15) is 95.6 Å². The Hall–Kier alpha value is -2.42. The molecule has 0 fully saturated rings. The summed E-state index contributed by atoms with van der Waals surface area (Å²) < 4.78 is 248. The van der Waals surface area contributed by atoms with Crippen molar-refractivity contribution in [2.24, 2.45) is 5.92 Å². The summed E-state index contributed by atoms with van der Waals surface area (Å²) in [5.74, 6) is -0.175. The number of ether oxygens (including phenoxy) is 14. The van der Waals surface area contributed by atoms with E-state index in [-0.39, 0.29) is 138 Å². The van der Waals surface area contributed by atoms with Crippen LogP contribution in [0, 0.1) is 5.92 Å². The summed E-state index contributed by atoms with van der Waals surface area (Å²) in [6.45, 7) is 19.9. The predicted molar refractivity (Wildman–Crippen MR) is 381 cm³/mol. The maximum absolute atomic E-state index is 13.1. The number of rotatable bonds is 60. The van der Waals surface area contributed by atoms with Crippen molar-refractivity contribution >= 4 is 82.3 Å². The van der Waals surface area contributed by atoms with Crippen molar-refractivity contribution < 1.29 is 121 Å². The summed E-state index contributed by atoms with van der Waals surface area (Å²) in [4.78, 5) is 0. The molecular formula is C62H108N6O27S8. The molecule has 0 radical (unpaired) electrons. The van der Waals surface area contributed by atoms with Crippen molar-refractivity contribution in [3.8, 4) is 0 Å². The number of hydrogen-bond acceptors (Lipinski definition) is 32. The van der Waals surface area contributed by atoms with E-state index < -0.39 is 80.4 Å². The van der Waals surface area contributed by atoms with Crippen LogP contribution < -0.4 is 30.1 Å². The van der Waals surface area contributed by atoms with Crippen LogP contribution >= 0.6 is 22.7 Å². The SMILES string of the molecule is CCN[C@H]1C[C@H](C)S(=O)(=O)c2oc(S(=O)(=O)NCCOCCOCC(COCCOCCOCCOCCOCCOCCNS(=O)(=O)c3cc4c(s3)S(=O)(=O)[C@@H](C)C[C@@H]4NCC)COCCOCCOCCOCCOCCOCCNS(=O)(=O)c3cc4c(s3)S(=O)(=O)[C@@H](C)C[C@@H]4NCC)cc21. The van der Waals surface area contributed by atoms with Gasteiger partial charge in [-0.05, 0) is 71.8 Å². The predicted octanol–water partition coefficient (Wildman–Crippen LogP) is 2.14. The number of thiophene rings is 2. The number of fused-ring (bicyclic) bond motifs is 3. The first kappa shape index (κ1) is 89.5. The third-order valence-corrected chi connectivity index (χ3v) is 31.3. The lowest BCUT2D eigenvalue weighted by atomic mass is 10.1. The smallest absolute Gasteiger partial charge is 0.274 e. The summed E-state index contributed by atoms with van der Waals surface area (Å²) in [6, 6.07) is 3.33. The number of sulfonamides is 3. The summed E-state index contributed by atoms with van der Waals surface area (Å²) in [7, 11) is -23.1. The first-order valence-corrected chi connectivity index (χ1v) is 45.4. The Morgan fingerprint density at radius 3 is 0.942 bits per heavy atom. The lowest BCUT2D eigenvalue weighted by Gasteiger charge is -2.27. The van der Waals surface area contributed by atoms with Crippen LogP contribution in [0.5, 0.6) is 0 Å². The van der Waals surface area contributed by atoms with Crippen molar-refractivity contribution in [3.63, 3.8) is 0 Å². The molecule has 3 aliphatic rings. The highest BCUT2D eigenvalue weighted by Gasteiger charge is 2.43. The molecule has 3 aliphatic heterocycles. The standard InChI is InChI=1S/C62H108N6O27S8/c1-7-63-54-38-47(4)98(69,70)60-51(54)41-57(95-60)101(75,76)66-10-13-83-32-35-92-44-50(45-93-36-33-90-30-28-88-26-24-86-22-20-84-18-16-81-14-11-67-102(77,78)58-42-52-55(64-8-2)39-48(5)99(71,72)61(52)96-58)46-94-37-34-91-31-29-89-27-25-87-23-21-85-19-17-82-15-12-68-103(79,80)59-43-53-56(65-9-3)40-49(6)100(73,74)62(53)97-59/h41-43,47-50,54-56,63-68H,7-40,44-46H2,1-6H3/t47-,48-,49-,54-,55-,56-/m0/s1. The molecule has 0 saturated heterocycles. The highest BCUT2D eigenvalue weighted by molar-refractivity contribution is 7.96. The third kappa shape index (κ3) is 29.1. The van der Waals surface area contributed by atoms with Gasteiger partial charge in [-0.3, -0.25) is 0 Å². The van der Waals surface area contributed by atoms with Gasteiger partial charge in [0.05, 0.1) is 201 Å². The highest BCUT2D eigenvalue weighted by Crippen LogP contribution is 2.45. The molecule has 0 aliphatic carbocycles. The molecule has 0 amide bonds. The lowest BCUT2D eigenvalue weighted by molar-refractivity contribution is -0.0450. The monoisotopic (exact) mass is 1620 g/mol. The van der Waals surface area contributed by atoms with Crippen molar-refractivity contribution in [1.29, 1.82) is 0 Å². The Kier molecular flexibility index (Phi) is 40.2. The largest absolute Gasteiger partial charge is 0.431 e. The summed E-state index contributed by atoms with van der Waals surface area (Å²) in [6.07, 6.45) is 1.03. The van der Waals surface area contributed by atoms with Crippen molar-refractivity contribution in [3.05, 3.63) is 34.9 Å². The second-order valence-electron chi connectivity index (χ2n) is 24.0. The van der Waals surface area contributed by atoms with E-state index in [0.717, 1.165) is 22.7 Å². The van der Waals surface area contributed by atoms with Gasteiger partial charge in [0, 0.05) is 66.4 Å². The topological polar surface area (TPSA) is 419 Å². The summed E-state index contributed by atoms with van der Waals surface area (Å²) in [5, 5.41) is 6.92. The Morgan fingerprint density at radius 1 is 0.379 bits per heavy atom. The zero-order valence-corrected chi connectivity index (χ0v) is 66.3. The zero-order chi connectivity index (χ0) is 74.8. The number of furan rings is 1. The Labute approximate surface area is 616 Å². The van der Waals surface area contributed by atoms with E-state index >= 15 is 0 Å². The second kappa shape index (κ2) is 46.3. The molecule has 6 N–H and O–H groups in total. The van der Waals surface area contributed by atoms with Gasteiger partial charge in [-0.25, -0.2) is 64.7 Å². The molecule has 0 saturated carbocycles. The second-order valence-corrected chi connectivity index (χ2v) is 39.2. The fourth-order valence-electron chi connectivity index (χ4n) is 10.8. The fourth-order valence-corrected chi connectivity index (χ4v) is 23.5. The van der Waals surface area contributed by atoms with Crippen LogP contribution in [-0.4, -0.2) is 291 Å². The van der Waals surface area contributed by atoms with E-state index in [9.17, 15) is 50.5 Å². The van der Waals surface area contributed by atoms with Crippen LogP contribution in [0.25, 0.3) is 0 Å². The average Bonchev–Trinajstić information content (AvgIpc) is 1.65. The molecule has 6 heterocycles. The summed E-state index contributed by atoms with van der Waals surface area (Å²) >= 11 is 1.55. The maximum atomic E-state index is 13.1. The lowest BCUT2D eigenvalue weighted by Crippen LogP contribution is -2.33. The fraction of sp³-hybridized carbons (Fsp3) is 0.806. The molecule has 0 aromatic carbocycles. The summed E-state index contributed by atoms with van der Waals surface area (Å²) in [5.41, 5.74) is 1.28. The van der Waals surface area contributed by atoms with E-state index in [4.69, 9.17) is 70.7 Å². The molecule has 3 aromatic heterocycles. The van der Waals surface area contributed by atoms with E-state index in [1.807, 2.05) is 20.8 Å². The van der Waals surface area contributed by atoms with Gasteiger partial charge < -0.3 is 86.7 Å². The van der Waals surface area contributed by atoms with Crippen LogP contribution in [-0.2, 0) is 126 Å². The van der Waals surface area contributed by atoms with Gasteiger partial charge in [-0.2, -0.15) is 0 Å². The average molecular weight is 1630 g/mol. The Bertz CT molecular complexity index is 3470. The Balaban J connectivity index is 0.757. The molecule has 41 heteroatoms. The minimum absolute atomic E-state index is 0.000898. The molecule has 33 nitrogen and oxygen atoms in total. The van der Waals surface area contributed by atoms with Gasteiger partial charge in [0.25, 0.3) is 10.0 Å². The van der Waals surface area contributed by atoms with Crippen LogP contribution in [0.3, 0.4) is 0 Å². The van der Waals surface area contributed by atoms with Gasteiger partial charge in [0.15, 0.2) is 19.7 Å². The van der Waals surface area contributed by atoms with Gasteiger partial charge in [0.1, 0.15) is 16.8 Å². The molecule has 3 aromatic rings. The number of nitrogens with one attached hydrogen (secondary N) is 6. The Morgan fingerprint density at radius 2 is 0.641 bits per heavy atom. The maximum Gasteiger partial charge on any atom is 0.274 e. The van der Waals surface area contributed by atoms with Crippen LogP contribution in [0.15, 0.2) is 49.6 Å². The first-order valence-electron chi connectivity index (χ1n) is 34.7. The molecule has 0 spiro atoms. The van der Waals surface area contributed by atoms with Crippen molar-refractivity contribution in [1.82, 2.24) is 30.1 Å². The molecule has 596 valence electrons. The zero-order valence-electron chi connectivity index (χ0n) is 59.7. The van der Waals surface area contributed by atoms with Gasteiger partial charge in [-0.1, -0.05) is 20.8 Å². The molecule has 6 rings (SSSR count). The normalized spacial score (nSPS) is 20.2. The third-order valence-electron chi connectivity index (χ3n) is 16.2. The van der Waals surface area contributed by atoms with E-state index in [1.54, 1.807) is 20.8 Å². The number of hydrogen-bond donors (Lipinski definition) is 6. The molecule has 0 bridgehead atoms. The van der Waals surface area contributed by atoms with E-state index in [1.165, 1.54) is 18.2 Å². The molecule has 103 heavy (non-hydrogen) atoms. The molecular weight excluding hydrogens is 1520 g/mol. The minimum Gasteiger partial charge on any atom is -0.431 e. The van der Waals surface area contributed by atoms with E-state index in [0.29, 0.717) is 168 Å². The molecule has 6 atom stereocenters. The van der Waals surface area contributed by atoms with Crippen LogP contribution in [0.2, 0.25) is 0 Å². The van der Waals surface area contributed by atoms with Gasteiger partial charge in [-0.15, -0.1) is 22.7 Å². The van der Waals surface area contributed by atoms with Gasteiger partial charge >= 0.3 is 0 Å². The highest BCUT2D eigenvalue weighted by atomic mass is 32.3. The van der Waals surface area contributed by atoms with Crippen molar-refractivity contribution in [2.45, 2.75) is 122 Å². The van der Waals surface area contributed by atoms with Crippen LogP contribution in [0.4, 0.5) is 0 Å². The number of sulfone groups is 3. The minimum atomic E-state index is -4.18. The van der Waals surface area contributed by atoms with Crippen molar-refractivity contribution in [2.75, 3.05) is 224 Å². The quantitative estimate of drug-likeness (QED) is 0.0441.